The summed E-state index contributed by atoms with van der Waals surface area (Å²) in [6.45, 7) is 0.867. The highest BCUT2D eigenvalue weighted by molar-refractivity contribution is 7.14. The summed E-state index contributed by atoms with van der Waals surface area (Å²) < 4.78 is 2.01. The van der Waals surface area contributed by atoms with E-state index in [1.807, 2.05) is 29.1 Å². The molecule has 3 aromatic rings. The summed E-state index contributed by atoms with van der Waals surface area (Å²) in [5, 5.41) is 13.8. The van der Waals surface area contributed by atoms with Gasteiger partial charge in [-0.05, 0) is 24.5 Å². The number of thiophene rings is 1. The Kier molecular flexibility index (Phi) is 3.08. The number of aryl methyl sites for hydroxylation is 2. The molecule has 4 rings (SSSR count). The van der Waals surface area contributed by atoms with Crippen LogP contribution in [0.5, 0.6) is 0 Å². The SMILES string of the molecule is O=C(O)c1cc2c(s1)CCCn1ncc(-c3ccccc3)c1-2. The molecule has 22 heavy (non-hydrogen) atoms. The topological polar surface area (TPSA) is 55.1 Å². The summed E-state index contributed by atoms with van der Waals surface area (Å²) in [5.41, 5.74) is 4.25. The van der Waals surface area contributed by atoms with Crippen LogP contribution >= 0.6 is 11.3 Å². The van der Waals surface area contributed by atoms with Crippen LogP contribution in [0.2, 0.25) is 0 Å². The number of aromatic carboxylic acids is 1. The standard InChI is InChI=1S/C17H14N2O2S/c20-17(21)15-9-12-14(22-15)7-4-8-19-16(12)13(10-18-19)11-5-2-1-3-6-11/h1-3,5-6,9-10H,4,7-8H2,(H,20,21). The van der Waals surface area contributed by atoms with Gasteiger partial charge in [0.05, 0.1) is 11.9 Å². The van der Waals surface area contributed by atoms with E-state index in [1.165, 1.54) is 11.3 Å². The molecule has 2 aromatic heterocycles. The first-order valence-electron chi connectivity index (χ1n) is 7.21. The molecule has 3 heterocycles. The van der Waals surface area contributed by atoms with Crippen LogP contribution in [-0.4, -0.2) is 20.9 Å². The molecule has 0 unspecified atom stereocenters. The first-order valence-corrected chi connectivity index (χ1v) is 8.03. The predicted octanol–water partition coefficient (Wildman–Crippen LogP) is 3.92. The van der Waals surface area contributed by atoms with Crippen molar-refractivity contribution in [3.8, 4) is 22.4 Å². The monoisotopic (exact) mass is 310 g/mol. The van der Waals surface area contributed by atoms with E-state index in [0.717, 1.165) is 46.6 Å². The molecule has 0 aliphatic carbocycles. The average Bonchev–Trinajstić information content (AvgIpc) is 3.09. The smallest absolute Gasteiger partial charge is 0.345 e. The van der Waals surface area contributed by atoms with Crippen LogP contribution in [0.25, 0.3) is 22.4 Å². The molecule has 5 heteroatoms. The van der Waals surface area contributed by atoms with Crippen LogP contribution in [0, 0.1) is 0 Å². The van der Waals surface area contributed by atoms with Gasteiger partial charge in [0.15, 0.2) is 0 Å². The molecule has 1 aromatic carbocycles. The fourth-order valence-corrected chi connectivity index (χ4v) is 4.02. The number of carbonyl (C=O) groups is 1. The lowest BCUT2D eigenvalue weighted by atomic mass is 10.0. The number of benzene rings is 1. The number of rotatable bonds is 2. The molecule has 0 bridgehead atoms. The number of carboxylic acids is 1. The van der Waals surface area contributed by atoms with Crippen LogP contribution in [0.15, 0.2) is 42.6 Å². The molecule has 0 radical (unpaired) electrons. The van der Waals surface area contributed by atoms with E-state index in [-0.39, 0.29) is 0 Å². The molecule has 0 saturated heterocycles. The first kappa shape index (κ1) is 13.3. The maximum absolute atomic E-state index is 11.3. The summed E-state index contributed by atoms with van der Waals surface area (Å²) in [6.07, 6.45) is 3.78. The lowest BCUT2D eigenvalue weighted by Gasteiger charge is -2.06. The molecule has 1 aliphatic heterocycles. The minimum absolute atomic E-state index is 0.402. The summed E-state index contributed by atoms with van der Waals surface area (Å²) in [6, 6.07) is 11.9. The van der Waals surface area contributed by atoms with Crippen molar-refractivity contribution in [3.63, 3.8) is 0 Å². The second kappa shape index (κ2) is 5.10. The quantitative estimate of drug-likeness (QED) is 0.780. The number of aromatic nitrogens is 2. The average molecular weight is 310 g/mol. The Bertz CT molecular complexity index is 849. The molecular weight excluding hydrogens is 296 g/mol. The van der Waals surface area contributed by atoms with Crippen LogP contribution in [-0.2, 0) is 13.0 Å². The Labute approximate surface area is 131 Å². The predicted molar refractivity (Wildman–Crippen MR) is 86.3 cm³/mol. The first-order chi connectivity index (χ1) is 10.7. The normalized spacial score (nSPS) is 13.3. The highest BCUT2D eigenvalue weighted by Gasteiger charge is 2.24. The van der Waals surface area contributed by atoms with E-state index in [4.69, 9.17) is 0 Å². The Morgan fingerprint density at radius 3 is 2.82 bits per heavy atom. The van der Waals surface area contributed by atoms with Gasteiger partial charge in [0.25, 0.3) is 0 Å². The molecule has 0 amide bonds. The zero-order valence-corrected chi connectivity index (χ0v) is 12.6. The Hall–Kier alpha value is -2.40. The van der Waals surface area contributed by atoms with Crippen LogP contribution < -0.4 is 0 Å². The van der Waals surface area contributed by atoms with Crippen LogP contribution in [0.1, 0.15) is 21.0 Å². The van der Waals surface area contributed by atoms with Gasteiger partial charge < -0.3 is 5.11 Å². The van der Waals surface area contributed by atoms with E-state index in [0.29, 0.717) is 4.88 Å². The van der Waals surface area contributed by atoms with Gasteiger partial charge in [0.1, 0.15) is 4.88 Å². The maximum atomic E-state index is 11.3. The van der Waals surface area contributed by atoms with Crippen molar-refractivity contribution in [2.45, 2.75) is 19.4 Å². The molecule has 0 saturated carbocycles. The Morgan fingerprint density at radius 2 is 2.05 bits per heavy atom. The number of hydrogen-bond donors (Lipinski definition) is 1. The lowest BCUT2D eigenvalue weighted by Crippen LogP contribution is -2.00. The van der Waals surface area contributed by atoms with Crippen LogP contribution in [0.3, 0.4) is 0 Å². The largest absolute Gasteiger partial charge is 0.477 e. The van der Waals surface area contributed by atoms with Crippen LogP contribution in [0.4, 0.5) is 0 Å². The third-order valence-electron chi connectivity index (χ3n) is 3.97. The van der Waals surface area contributed by atoms with Gasteiger partial charge in [-0.3, -0.25) is 4.68 Å². The maximum Gasteiger partial charge on any atom is 0.345 e. The molecule has 1 aliphatic rings. The van der Waals surface area contributed by atoms with Crippen molar-refractivity contribution >= 4 is 17.3 Å². The second-order valence-corrected chi connectivity index (χ2v) is 6.49. The third-order valence-corrected chi connectivity index (χ3v) is 5.16. The lowest BCUT2D eigenvalue weighted by molar-refractivity contribution is 0.0702. The van der Waals surface area contributed by atoms with Gasteiger partial charge in [-0.2, -0.15) is 5.10 Å². The van der Waals surface area contributed by atoms with E-state index in [2.05, 4.69) is 17.2 Å². The minimum Gasteiger partial charge on any atom is -0.477 e. The Balaban J connectivity index is 1.95. The zero-order chi connectivity index (χ0) is 15.1. The molecule has 0 atom stereocenters. The minimum atomic E-state index is -0.856. The van der Waals surface area contributed by atoms with Gasteiger partial charge >= 0.3 is 5.97 Å². The summed E-state index contributed by atoms with van der Waals surface area (Å²) in [7, 11) is 0. The zero-order valence-electron chi connectivity index (χ0n) is 11.8. The summed E-state index contributed by atoms with van der Waals surface area (Å²) >= 11 is 1.39. The van der Waals surface area contributed by atoms with Gasteiger partial charge in [0.2, 0.25) is 0 Å². The molecule has 0 spiro atoms. The summed E-state index contributed by atoms with van der Waals surface area (Å²) in [4.78, 5) is 12.8. The second-order valence-electron chi connectivity index (χ2n) is 5.35. The van der Waals surface area contributed by atoms with Crippen molar-refractivity contribution < 1.29 is 9.90 Å². The number of nitrogens with zero attached hydrogens (tertiary/aromatic N) is 2. The molecule has 110 valence electrons. The van der Waals surface area contributed by atoms with E-state index < -0.39 is 5.97 Å². The highest BCUT2D eigenvalue weighted by Crippen LogP contribution is 2.40. The van der Waals surface area contributed by atoms with Gasteiger partial charge in [-0.1, -0.05) is 30.3 Å². The molecule has 1 N–H and O–H groups in total. The highest BCUT2D eigenvalue weighted by atomic mass is 32.1. The Morgan fingerprint density at radius 1 is 1.23 bits per heavy atom. The number of fused-ring (bicyclic) bond motifs is 3. The van der Waals surface area contributed by atoms with E-state index in [1.54, 1.807) is 6.07 Å². The van der Waals surface area contributed by atoms with E-state index in [9.17, 15) is 9.90 Å². The van der Waals surface area contributed by atoms with Crippen molar-refractivity contribution in [1.29, 1.82) is 0 Å². The van der Waals surface area contributed by atoms with Crippen molar-refractivity contribution in [1.82, 2.24) is 9.78 Å². The van der Waals surface area contributed by atoms with Gasteiger partial charge in [0, 0.05) is 22.5 Å². The molecule has 4 nitrogen and oxygen atoms in total. The van der Waals surface area contributed by atoms with Crippen molar-refractivity contribution in [3.05, 3.63) is 52.3 Å². The molecular formula is C17H14N2O2S. The summed E-state index contributed by atoms with van der Waals surface area (Å²) in [5.74, 6) is -0.856. The third kappa shape index (κ3) is 2.05. The number of carboxylic acid groups (broad SMARTS) is 1. The fraction of sp³-hybridized carbons (Fsp3) is 0.176. The number of hydrogen-bond acceptors (Lipinski definition) is 3. The van der Waals surface area contributed by atoms with Gasteiger partial charge in [-0.25, -0.2) is 4.79 Å². The fourth-order valence-electron chi connectivity index (χ4n) is 2.98. The van der Waals surface area contributed by atoms with Crippen molar-refractivity contribution in [2.24, 2.45) is 0 Å². The van der Waals surface area contributed by atoms with E-state index >= 15 is 0 Å². The molecule has 0 fully saturated rings. The van der Waals surface area contributed by atoms with Crippen molar-refractivity contribution in [2.75, 3.05) is 0 Å². The van der Waals surface area contributed by atoms with Gasteiger partial charge in [-0.15, -0.1) is 11.3 Å².